The molecule has 16 heavy (non-hydrogen) atoms. The van der Waals surface area contributed by atoms with Gasteiger partial charge >= 0.3 is 5.97 Å². The van der Waals surface area contributed by atoms with Crippen molar-refractivity contribution in [3.8, 4) is 0 Å². The van der Waals surface area contributed by atoms with Crippen LogP contribution in [0.3, 0.4) is 0 Å². The van der Waals surface area contributed by atoms with Crippen LogP contribution >= 0.6 is 10.9 Å². The summed E-state index contributed by atoms with van der Waals surface area (Å²) < 4.78 is 0. The highest BCUT2D eigenvalue weighted by molar-refractivity contribution is 8.23. The second kappa shape index (κ2) is 5.03. The molecule has 1 N–H and O–H groups in total. The minimum absolute atomic E-state index is 0.299. The van der Waals surface area contributed by atoms with E-state index in [9.17, 15) is 9.90 Å². The lowest BCUT2D eigenvalue weighted by atomic mass is 10.1. The standard InChI is InChI=1S/C13H14O2S/c14-13(15)12(16-8-4-5-9-16)10-11-6-2-1-3-7-11/h1-9,12,16H,10H2,(H,14,15). The van der Waals surface area contributed by atoms with E-state index in [1.54, 1.807) is 0 Å². The maximum Gasteiger partial charge on any atom is 0.315 e. The summed E-state index contributed by atoms with van der Waals surface area (Å²) in [6, 6.07) is 9.80. The van der Waals surface area contributed by atoms with Crippen molar-refractivity contribution >= 4 is 16.9 Å². The van der Waals surface area contributed by atoms with E-state index in [0.29, 0.717) is 6.42 Å². The van der Waals surface area contributed by atoms with E-state index in [1.807, 2.05) is 53.3 Å². The first kappa shape index (κ1) is 11.0. The van der Waals surface area contributed by atoms with Crippen LogP contribution in [0, 0.1) is 0 Å². The van der Waals surface area contributed by atoms with Crippen LogP contribution in [0.25, 0.3) is 0 Å². The van der Waals surface area contributed by atoms with Crippen LogP contribution in [0.5, 0.6) is 0 Å². The average Bonchev–Trinajstić information content (AvgIpc) is 2.80. The molecule has 0 bridgehead atoms. The molecule has 2 rings (SSSR count). The molecular weight excluding hydrogens is 220 g/mol. The summed E-state index contributed by atoms with van der Waals surface area (Å²) in [6.45, 7) is 0. The number of thiol groups is 1. The Morgan fingerprint density at radius 3 is 2.38 bits per heavy atom. The summed E-state index contributed by atoms with van der Waals surface area (Å²) in [7, 11) is -0.632. The van der Waals surface area contributed by atoms with E-state index in [-0.39, 0.29) is 5.25 Å². The van der Waals surface area contributed by atoms with Crippen LogP contribution in [0.4, 0.5) is 0 Å². The summed E-state index contributed by atoms with van der Waals surface area (Å²) in [5, 5.41) is 13.0. The Balaban J connectivity index is 2.12. The van der Waals surface area contributed by atoms with Gasteiger partial charge in [-0.2, -0.15) is 10.9 Å². The predicted molar refractivity (Wildman–Crippen MR) is 68.8 cm³/mol. The monoisotopic (exact) mass is 234 g/mol. The number of rotatable bonds is 4. The lowest BCUT2D eigenvalue weighted by Gasteiger charge is -2.20. The van der Waals surface area contributed by atoms with Crippen LogP contribution in [0.1, 0.15) is 5.56 Å². The van der Waals surface area contributed by atoms with Crippen molar-refractivity contribution < 1.29 is 9.90 Å². The van der Waals surface area contributed by atoms with E-state index in [0.717, 1.165) is 5.56 Å². The van der Waals surface area contributed by atoms with Gasteiger partial charge in [0.15, 0.2) is 0 Å². The Labute approximate surface area is 97.6 Å². The molecule has 3 heteroatoms. The molecule has 1 aromatic rings. The Morgan fingerprint density at radius 2 is 1.81 bits per heavy atom. The molecule has 0 fully saturated rings. The van der Waals surface area contributed by atoms with Gasteiger partial charge in [-0.3, -0.25) is 4.79 Å². The molecule has 0 aromatic heterocycles. The third-order valence-corrected chi connectivity index (χ3v) is 4.70. The number of benzene rings is 1. The van der Waals surface area contributed by atoms with Crippen LogP contribution in [-0.4, -0.2) is 16.3 Å². The Morgan fingerprint density at radius 1 is 1.19 bits per heavy atom. The molecule has 1 heterocycles. The summed E-state index contributed by atoms with van der Waals surface area (Å²) in [5.41, 5.74) is 1.09. The normalized spacial score (nSPS) is 17.6. The molecule has 0 saturated carbocycles. The zero-order valence-electron chi connectivity index (χ0n) is 8.78. The number of carboxylic acid groups (broad SMARTS) is 1. The molecule has 0 aliphatic carbocycles. The smallest absolute Gasteiger partial charge is 0.315 e. The van der Waals surface area contributed by atoms with Crippen LogP contribution in [-0.2, 0) is 11.2 Å². The van der Waals surface area contributed by atoms with Gasteiger partial charge in [0.05, 0.1) is 5.25 Å². The van der Waals surface area contributed by atoms with Crippen molar-refractivity contribution in [3.63, 3.8) is 0 Å². The van der Waals surface area contributed by atoms with E-state index >= 15 is 0 Å². The molecule has 0 saturated heterocycles. The van der Waals surface area contributed by atoms with Crippen molar-refractivity contribution in [3.05, 3.63) is 58.9 Å². The molecule has 0 amide bonds. The van der Waals surface area contributed by atoms with Crippen LogP contribution in [0.15, 0.2) is 53.3 Å². The number of hydrogen-bond acceptors (Lipinski definition) is 1. The fraction of sp³-hybridized carbons (Fsp3) is 0.154. The third kappa shape index (κ3) is 2.55. The molecule has 2 nitrogen and oxygen atoms in total. The molecule has 1 aromatic carbocycles. The van der Waals surface area contributed by atoms with E-state index in [2.05, 4.69) is 0 Å². The second-order valence-electron chi connectivity index (χ2n) is 3.67. The van der Waals surface area contributed by atoms with Gasteiger partial charge in [-0.25, -0.2) is 0 Å². The maximum atomic E-state index is 11.2. The fourth-order valence-electron chi connectivity index (χ4n) is 1.71. The van der Waals surface area contributed by atoms with Crippen molar-refractivity contribution in [2.24, 2.45) is 0 Å². The van der Waals surface area contributed by atoms with Gasteiger partial charge in [0.25, 0.3) is 0 Å². The predicted octanol–water partition coefficient (Wildman–Crippen LogP) is 2.72. The quantitative estimate of drug-likeness (QED) is 0.786. The largest absolute Gasteiger partial charge is 0.480 e. The lowest BCUT2D eigenvalue weighted by Crippen LogP contribution is -2.21. The molecule has 0 spiro atoms. The zero-order chi connectivity index (χ0) is 11.4. The van der Waals surface area contributed by atoms with Crippen LogP contribution in [0.2, 0.25) is 0 Å². The summed E-state index contributed by atoms with van der Waals surface area (Å²) in [6.07, 6.45) is 4.48. The first-order valence-electron chi connectivity index (χ1n) is 5.16. The highest BCUT2D eigenvalue weighted by atomic mass is 32.2. The minimum Gasteiger partial charge on any atom is -0.480 e. The van der Waals surface area contributed by atoms with Crippen LogP contribution < -0.4 is 0 Å². The molecule has 84 valence electrons. The van der Waals surface area contributed by atoms with Gasteiger partial charge in [-0.15, -0.1) is 0 Å². The number of carboxylic acids is 1. The summed E-state index contributed by atoms with van der Waals surface area (Å²) in [4.78, 5) is 11.2. The first-order chi connectivity index (χ1) is 7.77. The molecule has 1 atom stereocenters. The van der Waals surface area contributed by atoms with Gasteiger partial charge in [-0.05, 0) is 22.8 Å². The molecule has 1 aliphatic rings. The van der Waals surface area contributed by atoms with E-state index in [1.165, 1.54) is 0 Å². The highest BCUT2D eigenvalue weighted by Crippen LogP contribution is 2.39. The van der Waals surface area contributed by atoms with Gasteiger partial charge in [0.2, 0.25) is 0 Å². The number of carbonyl (C=O) groups is 1. The lowest BCUT2D eigenvalue weighted by molar-refractivity contribution is -0.136. The zero-order valence-corrected chi connectivity index (χ0v) is 9.68. The summed E-state index contributed by atoms with van der Waals surface area (Å²) >= 11 is 0. The van der Waals surface area contributed by atoms with E-state index < -0.39 is 16.9 Å². The van der Waals surface area contributed by atoms with Crippen molar-refractivity contribution in [2.45, 2.75) is 11.7 Å². The second-order valence-corrected chi connectivity index (χ2v) is 5.79. The molecule has 1 unspecified atom stereocenters. The van der Waals surface area contributed by atoms with Gasteiger partial charge in [-0.1, -0.05) is 42.5 Å². The van der Waals surface area contributed by atoms with Gasteiger partial charge in [0.1, 0.15) is 0 Å². The van der Waals surface area contributed by atoms with Gasteiger partial charge in [0, 0.05) is 0 Å². The minimum atomic E-state index is -0.703. The average molecular weight is 234 g/mol. The van der Waals surface area contributed by atoms with Crippen molar-refractivity contribution in [1.29, 1.82) is 0 Å². The third-order valence-electron chi connectivity index (χ3n) is 2.54. The SMILES string of the molecule is O=C(O)C(Cc1ccccc1)[SH]1C=CC=C1. The first-order valence-corrected chi connectivity index (χ1v) is 6.71. The number of aliphatic carboxylic acids is 1. The maximum absolute atomic E-state index is 11.2. The Hall–Kier alpha value is -1.48. The summed E-state index contributed by atoms with van der Waals surface area (Å²) in [5.74, 6) is -0.703. The van der Waals surface area contributed by atoms with Crippen molar-refractivity contribution in [2.75, 3.05) is 0 Å². The van der Waals surface area contributed by atoms with E-state index in [4.69, 9.17) is 0 Å². The molecular formula is C13H14O2S. The number of hydrogen-bond donors (Lipinski definition) is 2. The fourth-order valence-corrected chi connectivity index (χ4v) is 3.50. The van der Waals surface area contributed by atoms with Gasteiger partial charge < -0.3 is 5.11 Å². The Bertz CT molecular complexity index is 411. The molecule has 0 radical (unpaired) electrons. The topological polar surface area (TPSA) is 37.3 Å². The molecule has 1 aliphatic heterocycles. The van der Waals surface area contributed by atoms with Crippen molar-refractivity contribution in [1.82, 2.24) is 0 Å². The number of allylic oxidation sites excluding steroid dienone is 2. The highest BCUT2D eigenvalue weighted by Gasteiger charge is 2.23. The Kier molecular flexibility index (Phi) is 3.47.